The highest BCUT2D eigenvalue weighted by molar-refractivity contribution is 7.92. The Morgan fingerprint density at radius 1 is 0.911 bits per heavy atom. The van der Waals surface area contributed by atoms with Crippen molar-refractivity contribution < 1.29 is 26.3 Å². The summed E-state index contributed by atoms with van der Waals surface area (Å²) in [6.07, 6.45) is -3.49. The van der Waals surface area contributed by atoms with Gasteiger partial charge >= 0.3 is 6.18 Å². The Balaban J connectivity index is 1.54. The molecule has 0 heterocycles. The largest absolute Gasteiger partial charge is 0.493 e. The summed E-state index contributed by atoms with van der Waals surface area (Å²) in [4.78, 5) is 2.11. The van der Waals surface area contributed by atoms with Crippen molar-refractivity contribution in [1.29, 1.82) is 0 Å². The second-order valence-corrected chi connectivity index (χ2v) is 13.2. The Labute approximate surface area is 269 Å². The molecular formula is C35H38ClF3N2O3S. The molecule has 5 nitrogen and oxygen atoms in total. The molecule has 45 heavy (non-hydrogen) atoms. The summed E-state index contributed by atoms with van der Waals surface area (Å²) in [7, 11) is -3.46. The number of sulfonamides is 1. The van der Waals surface area contributed by atoms with Crippen molar-refractivity contribution in [3.63, 3.8) is 0 Å². The molecule has 4 aromatic carbocycles. The fraction of sp³-hybridized carbons (Fsp3) is 0.314. The molecule has 4 aromatic rings. The molecule has 1 N–H and O–H groups in total. The number of nitrogens with one attached hydrogen (secondary N) is 1. The van der Waals surface area contributed by atoms with Gasteiger partial charge in [0.1, 0.15) is 5.75 Å². The van der Waals surface area contributed by atoms with E-state index in [4.69, 9.17) is 16.3 Å². The van der Waals surface area contributed by atoms with Crippen molar-refractivity contribution in [2.45, 2.75) is 45.3 Å². The van der Waals surface area contributed by atoms with E-state index in [2.05, 4.69) is 33.9 Å². The van der Waals surface area contributed by atoms with Crippen LogP contribution in [0.3, 0.4) is 0 Å². The van der Waals surface area contributed by atoms with E-state index in [0.29, 0.717) is 49.5 Å². The highest BCUT2D eigenvalue weighted by Crippen LogP contribution is 2.37. The second-order valence-electron chi connectivity index (χ2n) is 11.0. The zero-order valence-corrected chi connectivity index (χ0v) is 26.9. The van der Waals surface area contributed by atoms with Crippen LogP contribution in [0.2, 0.25) is 5.02 Å². The molecule has 10 heteroatoms. The third-order valence-corrected chi connectivity index (χ3v) is 9.38. The minimum Gasteiger partial charge on any atom is -0.493 e. The van der Waals surface area contributed by atoms with Gasteiger partial charge in [0.15, 0.2) is 0 Å². The standard InChI is InChI=1S/C35H38ClF3N2O3S/c1-3-22-45(42,43)40-33-23-30(19-18-26(33)2)44-21-11-20-41(24-29-16-10-17-32(34(29)36)35(37,38)39)25-31(27-12-6-4-7-13-27)28-14-8-5-9-15-28/h4-10,12-19,23,31,40H,3,11,20-22,24-25H2,1-2H3. The van der Waals surface area contributed by atoms with Crippen LogP contribution in [-0.2, 0) is 22.7 Å². The molecule has 0 aliphatic heterocycles. The average Bonchev–Trinajstić information content (AvgIpc) is 3.00. The van der Waals surface area contributed by atoms with Gasteiger partial charge in [0.05, 0.1) is 28.6 Å². The monoisotopic (exact) mass is 658 g/mol. The first kappa shape index (κ1) is 34.3. The SMILES string of the molecule is CCCS(=O)(=O)Nc1cc(OCCCN(Cc2cccc(C(F)(F)F)c2Cl)CC(c2ccccc2)c2ccccc2)ccc1C. The number of aryl methyl sites for hydroxylation is 1. The maximum Gasteiger partial charge on any atom is 0.417 e. The normalized spacial score (nSPS) is 12.1. The summed E-state index contributed by atoms with van der Waals surface area (Å²) in [5, 5.41) is -0.292. The van der Waals surface area contributed by atoms with E-state index >= 15 is 0 Å². The lowest BCUT2D eigenvalue weighted by Crippen LogP contribution is -2.31. The number of hydrogen-bond donors (Lipinski definition) is 1. The lowest BCUT2D eigenvalue weighted by molar-refractivity contribution is -0.137. The third-order valence-electron chi connectivity index (χ3n) is 7.46. The van der Waals surface area contributed by atoms with Gasteiger partial charge in [-0.05, 0) is 54.2 Å². The number of halogens is 4. The first-order valence-corrected chi connectivity index (χ1v) is 16.9. The quantitative estimate of drug-likeness (QED) is 0.130. The predicted octanol–water partition coefficient (Wildman–Crippen LogP) is 8.92. The van der Waals surface area contributed by atoms with Gasteiger partial charge in [0.2, 0.25) is 10.0 Å². The van der Waals surface area contributed by atoms with Crippen LogP contribution in [0.5, 0.6) is 5.75 Å². The van der Waals surface area contributed by atoms with Crippen LogP contribution in [0.25, 0.3) is 0 Å². The van der Waals surface area contributed by atoms with Gasteiger partial charge in [-0.3, -0.25) is 9.62 Å². The number of hydrogen-bond acceptors (Lipinski definition) is 4. The molecule has 0 radical (unpaired) electrons. The van der Waals surface area contributed by atoms with Crippen LogP contribution in [-0.4, -0.2) is 38.8 Å². The number of anilines is 1. The van der Waals surface area contributed by atoms with Gasteiger partial charge in [-0.1, -0.05) is 97.4 Å². The zero-order valence-electron chi connectivity index (χ0n) is 25.4. The number of rotatable bonds is 15. The van der Waals surface area contributed by atoms with Gasteiger partial charge in [0.25, 0.3) is 0 Å². The Kier molecular flexibility index (Phi) is 11.9. The molecule has 0 aliphatic carbocycles. The second kappa shape index (κ2) is 15.7. The van der Waals surface area contributed by atoms with E-state index in [-0.39, 0.29) is 23.2 Å². The highest BCUT2D eigenvalue weighted by Gasteiger charge is 2.34. The third kappa shape index (κ3) is 9.98. The number of alkyl halides is 3. The van der Waals surface area contributed by atoms with Crippen molar-refractivity contribution in [2.75, 3.05) is 30.2 Å². The summed E-state index contributed by atoms with van der Waals surface area (Å²) in [6, 6.07) is 29.3. The fourth-order valence-corrected chi connectivity index (χ4v) is 6.68. The predicted molar refractivity (Wildman–Crippen MR) is 175 cm³/mol. The molecule has 0 saturated heterocycles. The molecule has 0 aliphatic rings. The molecule has 0 saturated carbocycles. The Bertz CT molecular complexity index is 1600. The topological polar surface area (TPSA) is 58.6 Å². The Hall–Kier alpha value is -3.53. The van der Waals surface area contributed by atoms with Crippen LogP contribution in [0.15, 0.2) is 97.1 Å². The maximum atomic E-state index is 13.7. The van der Waals surface area contributed by atoms with Crippen molar-refractivity contribution in [3.05, 3.63) is 130 Å². The smallest absolute Gasteiger partial charge is 0.417 e. The van der Waals surface area contributed by atoms with E-state index in [1.54, 1.807) is 31.2 Å². The van der Waals surface area contributed by atoms with Gasteiger partial charge in [-0.25, -0.2) is 8.42 Å². The van der Waals surface area contributed by atoms with Crippen molar-refractivity contribution in [3.8, 4) is 5.75 Å². The lowest BCUT2D eigenvalue weighted by Gasteiger charge is -2.29. The van der Waals surface area contributed by atoms with Crippen molar-refractivity contribution >= 4 is 27.3 Å². The summed E-state index contributed by atoms with van der Waals surface area (Å²) in [5.74, 6) is 0.512. The molecule has 0 amide bonds. The molecular weight excluding hydrogens is 621 g/mol. The molecule has 0 atom stereocenters. The van der Waals surface area contributed by atoms with Gasteiger partial charge in [0, 0.05) is 31.6 Å². The van der Waals surface area contributed by atoms with Crippen LogP contribution >= 0.6 is 11.6 Å². The first-order chi connectivity index (χ1) is 21.5. The lowest BCUT2D eigenvalue weighted by atomic mass is 9.90. The molecule has 0 bridgehead atoms. The van der Waals surface area contributed by atoms with Crippen molar-refractivity contribution in [2.24, 2.45) is 0 Å². The van der Waals surface area contributed by atoms with Crippen LogP contribution < -0.4 is 9.46 Å². The average molecular weight is 659 g/mol. The van der Waals surface area contributed by atoms with Crippen molar-refractivity contribution in [1.82, 2.24) is 4.90 Å². The number of benzene rings is 4. The summed E-state index contributed by atoms with van der Waals surface area (Å²) < 4.78 is 74.2. The highest BCUT2D eigenvalue weighted by atomic mass is 35.5. The Morgan fingerprint density at radius 2 is 1.56 bits per heavy atom. The van der Waals surface area contributed by atoms with E-state index < -0.39 is 21.8 Å². The van der Waals surface area contributed by atoms with Crippen LogP contribution in [0.4, 0.5) is 18.9 Å². The van der Waals surface area contributed by atoms with E-state index in [0.717, 1.165) is 22.8 Å². The van der Waals surface area contributed by atoms with Crippen LogP contribution in [0, 0.1) is 6.92 Å². The summed E-state index contributed by atoms with van der Waals surface area (Å²) in [5.41, 5.74) is 2.98. The zero-order chi connectivity index (χ0) is 32.5. The molecule has 0 unspecified atom stereocenters. The first-order valence-electron chi connectivity index (χ1n) is 14.9. The summed E-state index contributed by atoms with van der Waals surface area (Å²) >= 11 is 6.32. The molecule has 4 rings (SSSR count). The minimum atomic E-state index is -4.56. The number of nitrogens with zero attached hydrogens (tertiary/aromatic N) is 1. The van der Waals surface area contributed by atoms with E-state index in [1.807, 2.05) is 43.3 Å². The maximum absolute atomic E-state index is 13.7. The molecule has 0 spiro atoms. The van der Waals surface area contributed by atoms with Gasteiger partial charge < -0.3 is 4.74 Å². The molecule has 0 fully saturated rings. The molecule has 0 aromatic heterocycles. The fourth-order valence-electron chi connectivity index (χ4n) is 5.20. The van der Waals surface area contributed by atoms with Gasteiger partial charge in [-0.2, -0.15) is 13.2 Å². The van der Waals surface area contributed by atoms with E-state index in [1.165, 1.54) is 6.07 Å². The van der Waals surface area contributed by atoms with Crippen LogP contribution in [0.1, 0.15) is 53.5 Å². The Morgan fingerprint density at radius 3 is 2.16 bits per heavy atom. The number of ether oxygens (including phenoxy) is 1. The molecule has 240 valence electrons. The summed E-state index contributed by atoms with van der Waals surface area (Å²) in [6.45, 7) is 5.21. The minimum absolute atomic E-state index is 0.0240. The van der Waals surface area contributed by atoms with E-state index in [9.17, 15) is 21.6 Å². The van der Waals surface area contributed by atoms with Gasteiger partial charge in [-0.15, -0.1) is 0 Å².